The van der Waals surface area contributed by atoms with Gasteiger partial charge in [-0.2, -0.15) is 4.31 Å². The largest absolute Gasteiger partial charge is 0.376 e. The van der Waals surface area contributed by atoms with Gasteiger partial charge in [-0.15, -0.1) is 0 Å². The van der Waals surface area contributed by atoms with Crippen molar-refractivity contribution in [1.29, 1.82) is 0 Å². The fourth-order valence-corrected chi connectivity index (χ4v) is 3.92. The molecule has 1 aliphatic heterocycles. The molecule has 1 atom stereocenters. The Hall–Kier alpha value is -1.44. The van der Waals surface area contributed by atoms with E-state index in [0.29, 0.717) is 31.8 Å². The Labute approximate surface area is 137 Å². The normalized spacial score (nSPS) is 19.5. The van der Waals surface area contributed by atoms with Crippen molar-refractivity contribution in [2.75, 3.05) is 25.0 Å². The number of morpholine rings is 1. The zero-order valence-electron chi connectivity index (χ0n) is 13.6. The van der Waals surface area contributed by atoms with Crippen molar-refractivity contribution in [2.45, 2.75) is 44.1 Å². The highest BCUT2D eigenvalue weighted by atomic mass is 32.2. The minimum absolute atomic E-state index is 0.0514. The second kappa shape index (κ2) is 7.90. The zero-order valence-corrected chi connectivity index (χ0v) is 14.4. The van der Waals surface area contributed by atoms with Crippen molar-refractivity contribution in [2.24, 2.45) is 0 Å². The Balaban J connectivity index is 2.04. The average molecular weight is 340 g/mol. The summed E-state index contributed by atoms with van der Waals surface area (Å²) < 4.78 is 32.0. The summed E-state index contributed by atoms with van der Waals surface area (Å²) in [5.41, 5.74) is 0.611. The maximum absolute atomic E-state index is 12.6. The molecule has 1 saturated heterocycles. The van der Waals surface area contributed by atoms with E-state index in [9.17, 15) is 13.2 Å². The lowest BCUT2D eigenvalue weighted by Gasteiger charge is -2.30. The molecule has 0 radical (unpaired) electrons. The van der Waals surface area contributed by atoms with Crippen molar-refractivity contribution in [3.8, 4) is 0 Å². The van der Waals surface area contributed by atoms with E-state index >= 15 is 0 Å². The standard InChI is InChI=1S/C16H24N2O4S/c1-3-4-5-16(19)17-14-6-8-15(9-7-14)23(20,21)18-10-11-22-13(2)12-18/h6-9,13H,3-5,10-12H2,1-2H3,(H,17,19). The molecule has 7 heteroatoms. The maximum atomic E-state index is 12.6. The number of amides is 1. The van der Waals surface area contributed by atoms with Crippen LogP contribution >= 0.6 is 0 Å². The van der Waals surface area contributed by atoms with E-state index in [4.69, 9.17) is 4.74 Å². The lowest BCUT2D eigenvalue weighted by atomic mass is 10.2. The van der Waals surface area contributed by atoms with Crippen LogP contribution in [0.15, 0.2) is 29.2 Å². The van der Waals surface area contributed by atoms with Gasteiger partial charge in [0.1, 0.15) is 0 Å². The van der Waals surface area contributed by atoms with E-state index in [1.54, 1.807) is 12.1 Å². The molecule has 0 aromatic heterocycles. The molecule has 1 fully saturated rings. The molecule has 0 aliphatic carbocycles. The molecule has 6 nitrogen and oxygen atoms in total. The molecular weight excluding hydrogens is 316 g/mol. The van der Waals surface area contributed by atoms with Gasteiger partial charge in [-0.05, 0) is 37.6 Å². The van der Waals surface area contributed by atoms with Gasteiger partial charge in [-0.3, -0.25) is 4.79 Å². The van der Waals surface area contributed by atoms with Crippen molar-refractivity contribution in [1.82, 2.24) is 4.31 Å². The van der Waals surface area contributed by atoms with Gasteiger partial charge in [0.25, 0.3) is 0 Å². The van der Waals surface area contributed by atoms with Crippen LogP contribution < -0.4 is 5.32 Å². The number of hydrogen-bond donors (Lipinski definition) is 1. The number of rotatable bonds is 6. The SMILES string of the molecule is CCCCC(=O)Nc1ccc(S(=O)(=O)N2CCOC(C)C2)cc1. The molecule has 23 heavy (non-hydrogen) atoms. The predicted molar refractivity (Wildman–Crippen MR) is 88.8 cm³/mol. The second-order valence-electron chi connectivity index (χ2n) is 5.72. The third-order valence-corrected chi connectivity index (χ3v) is 5.62. The minimum Gasteiger partial charge on any atom is -0.376 e. The fourth-order valence-electron chi connectivity index (χ4n) is 2.42. The van der Waals surface area contributed by atoms with Crippen LogP contribution in [0.25, 0.3) is 0 Å². The smallest absolute Gasteiger partial charge is 0.243 e. The van der Waals surface area contributed by atoms with Gasteiger partial charge in [-0.25, -0.2) is 8.42 Å². The summed E-state index contributed by atoms with van der Waals surface area (Å²) in [6, 6.07) is 6.32. The van der Waals surface area contributed by atoms with Crippen LogP contribution in [-0.2, 0) is 19.6 Å². The van der Waals surface area contributed by atoms with Gasteiger partial charge in [0.2, 0.25) is 15.9 Å². The topological polar surface area (TPSA) is 75.7 Å². The number of anilines is 1. The first kappa shape index (κ1) is 17.9. The molecule has 2 rings (SSSR count). The highest BCUT2D eigenvalue weighted by molar-refractivity contribution is 7.89. The molecule has 128 valence electrons. The number of carbonyl (C=O) groups excluding carboxylic acids is 1. The monoisotopic (exact) mass is 340 g/mol. The molecule has 1 unspecified atom stereocenters. The first-order valence-corrected chi connectivity index (χ1v) is 9.39. The van der Waals surface area contributed by atoms with E-state index in [1.165, 1.54) is 16.4 Å². The average Bonchev–Trinajstić information content (AvgIpc) is 2.53. The summed E-state index contributed by atoms with van der Waals surface area (Å²) in [6.07, 6.45) is 2.17. The second-order valence-corrected chi connectivity index (χ2v) is 7.66. The van der Waals surface area contributed by atoms with Gasteiger partial charge in [0, 0.05) is 25.2 Å². The number of nitrogens with zero attached hydrogens (tertiary/aromatic N) is 1. The summed E-state index contributed by atoms with van der Waals surface area (Å²) in [5, 5.41) is 2.77. The lowest BCUT2D eigenvalue weighted by Crippen LogP contribution is -2.44. The van der Waals surface area contributed by atoms with E-state index in [2.05, 4.69) is 5.32 Å². The number of carbonyl (C=O) groups is 1. The van der Waals surface area contributed by atoms with Crippen molar-refractivity contribution in [3.63, 3.8) is 0 Å². The molecule has 0 spiro atoms. The molecule has 1 aliphatic rings. The van der Waals surface area contributed by atoms with Gasteiger partial charge in [0.05, 0.1) is 17.6 Å². The molecule has 0 saturated carbocycles. The molecule has 1 N–H and O–H groups in total. The van der Waals surface area contributed by atoms with Crippen LogP contribution in [0.4, 0.5) is 5.69 Å². The number of nitrogens with one attached hydrogen (secondary N) is 1. The summed E-state index contributed by atoms with van der Waals surface area (Å²) in [5.74, 6) is -0.0514. The van der Waals surface area contributed by atoms with Crippen LogP contribution in [0.3, 0.4) is 0 Å². The van der Waals surface area contributed by atoms with E-state index < -0.39 is 10.0 Å². The Bertz CT molecular complexity index is 628. The molecule has 1 heterocycles. The Morgan fingerprint density at radius 2 is 2.04 bits per heavy atom. The number of benzene rings is 1. The number of unbranched alkanes of at least 4 members (excludes halogenated alkanes) is 1. The predicted octanol–water partition coefficient (Wildman–Crippen LogP) is 2.22. The third kappa shape index (κ3) is 4.76. The summed E-state index contributed by atoms with van der Waals surface area (Å²) in [7, 11) is -3.51. The Morgan fingerprint density at radius 1 is 1.35 bits per heavy atom. The quantitative estimate of drug-likeness (QED) is 0.861. The van der Waals surface area contributed by atoms with E-state index in [-0.39, 0.29) is 16.9 Å². The van der Waals surface area contributed by atoms with Gasteiger partial charge in [0.15, 0.2) is 0 Å². The number of ether oxygens (including phenoxy) is 1. The lowest BCUT2D eigenvalue weighted by molar-refractivity contribution is -0.116. The molecule has 1 amide bonds. The van der Waals surface area contributed by atoms with Crippen molar-refractivity contribution < 1.29 is 17.9 Å². The van der Waals surface area contributed by atoms with Gasteiger partial charge >= 0.3 is 0 Å². The highest BCUT2D eigenvalue weighted by Gasteiger charge is 2.28. The van der Waals surface area contributed by atoms with E-state index in [1.807, 2.05) is 13.8 Å². The van der Waals surface area contributed by atoms with Crippen LogP contribution in [-0.4, -0.2) is 44.4 Å². The van der Waals surface area contributed by atoms with E-state index in [0.717, 1.165) is 12.8 Å². The summed E-state index contributed by atoms with van der Waals surface area (Å²) in [4.78, 5) is 11.9. The third-order valence-electron chi connectivity index (χ3n) is 3.74. The first-order chi connectivity index (χ1) is 10.9. The fraction of sp³-hybridized carbons (Fsp3) is 0.562. The summed E-state index contributed by atoms with van der Waals surface area (Å²) in [6.45, 7) is 5.02. The first-order valence-electron chi connectivity index (χ1n) is 7.95. The van der Waals surface area contributed by atoms with Crippen LogP contribution in [0.1, 0.15) is 33.1 Å². The van der Waals surface area contributed by atoms with Crippen molar-refractivity contribution in [3.05, 3.63) is 24.3 Å². The maximum Gasteiger partial charge on any atom is 0.243 e. The molecule has 1 aromatic rings. The molecule has 1 aromatic carbocycles. The Morgan fingerprint density at radius 3 is 2.65 bits per heavy atom. The minimum atomic E-state index is -3.51. The highest BCUT2D eigenvalue weighted by Crippen LogP contribution is 2.20. The van der Waals surface area contributed by atoms with Gasteiger partial charge in [-0.1, -0.05) is 13.3 Å². The Kier molecular flexibility index (Phi) is 6.15. The zero-order chi connectivity index (χ0) is 16.9. The summed E-state index contributed by atoms with van der Waals surface area (Å²) >= 11 is 0. The van der Waals surface area contributed by atoms with Gasteiger partial charge < -0.3 is 10.1 Å². The number of hydrogen-bond acceptors (Lipinski definition) is 4. The van der Waals surface area contributed by atoms with Crippen LogP contribution in [0.5, 0.6) is 0 Å². The van der Waals surface area contributed by atoms with Crippen LogP contribution in [0.2, 0.25) is 0 Å². The van der Waals surface area contributed by atoms with Crippen molar-refractivity contribution >= 4 is 21.6 Å². The number of sulfonamides is 1. The van der Waals surface area contributed by atoms with Crippen LogP contribution in [0, 0.1) is 0 Å². The molecular formula is C16H24N2O4S. The molecule has 0 bridgehead atoms.